The predicted octanol–water partition coefficient (Wildman–Crippen LogP) is 4.36. The van der Waals surface area contributed by atoms with Gasteiger partial charge in [0.2, 0.25) is 0 Å². The first kappa shape index (κ1) is 16.6. The molecule has 0 N–H and O–H groups in total. The zero-order chi connectivity index (χ0) is 14.8. The number of benzene rings is 1. The van der Waals surface area contributed by atoms with Crippen LogP contribution in [0.5, 0.6) is 0 Å². The van der Waals surface area contributed by atoms with Gasteiger partial charge in [-0.05, 0) is 54.6 Å². The lowest BCUT2D eigenvalue weighted by Gasteiger charge is -2.28. The van der Waals surface area contributed by atoms with E-state index in [9.17, 15) is 18.0 Å². The van der Waals surface area contributed by atoms with Gasteiger partial charge in [0, 0.05) is 14.6 Å². The van der Waals surface area contributed by atoms with Crippen LogP contribution in [-0.2, 0) is 0 Å². The number of carbonyl (C=O) groups excluding carboxylic acids is 1. The van der Waals surface area contributed by atoms with E-state index in [2.05, 4.69) is 0 Å². The van der Waals surface area contributed by atoms with E-state index in [1.165, 1.54) is 6.07 Å². The molecule has 0 fully saturated rings. The Hall–Kier alpha value is -0.500. The first-order valence-corrected chi connectivity index (χ1v) is 6.90. The molecule has 7 heteroatoms. The third-order valence-corrected chi connectivity index (χ3v) is 3.57. The highest BCUT2D eigenvalue weighted by Gasteiger charge is 2.35. The van der Waals surface area contributed by atoms with E-state index in [0.29, 0.717) is 8.59 Å². The molecule has 0 aliphatic carbocycles. The van der Waals surface area contributed by atoms with Gasteiger partial charge in [-0.1, -0.05) is 11.6 Å². The Morgan fingerprint density at radius 2 is 2.00 bits per heavy atom. The molecule has 0 aliphatic rings. The molecule has 0 unspecified atom stereocenters. The Morgan fingerprint density at radius 3 is 2.47 bits per heavy atom. The molecule has 1 aromatic carbocycles. The summed E-state index contributed by atoms with van der Waals surface area (Å²) in [5.41, 5.74) is 0.186. The number of hydrogen-bond donors (Lipinski definition) is 0. The molecular weight excluding hydrogens is 393 g/mol. The Balaban J connectivity index is 3.09. The minimum Gasteiger partial charge on any atom is -0.327 e. The standard InChI is InChI=1S/C12H12ClF3INO/c1-7(2)18(6-12(14,15)16)11(19)9-5-8(13)3-4-10(9)17/h3-5,7H,6H2,1-2H3. The monoisotopic (exact) mass is 405 g/mol. The van der Waals surface area contributed by atoms with E-state index in [4.69, 9.17) is 11.6 Å². The second-order valence-corrected chi connectivity index (χ2v) is 5.86. The molecule has 0 radical (unpaired) electrons. The lowest BCUT2D eigenvalue weighted by Crippen LogP contribution is -2.43. The molecule has 0 atom stereocenters. The van der Waals surface area contributed by atoms with Crippen molar-refractivity contribution >= 4 is 40.1 Å². The van der Waals surface area contributed by atoms with Crippen molar-refractivity contribution < 1.29 is 18.0 Å². The van der Waals surface area contributed by atoms with Crippen molar-refractivity contribution in [2.45, 2.75) is 26.1 Å². The Labute approximate surface area is 128 Å². The van der Waals surface area contributed by atoms with E-state index in [0.717, 1.165) is 4.90 Å². The van der Waals surface area contributed by atoms with Gasteiger partial charge < -0.3 is 4.90 Å². The first-order valence-electron chi connectivity index (χ1n) is 5.44. The van der Waals surface area contributed by atoms with Gasteiger partial charge in [0.25, 0.3) is 5.91 Å². The van der Waals surface area contributed by atoms with E-state index < -0.39 is 24.7 Å². The number of nitrogens with zero attached hydrogens (tertiary/aromatic N) is 1. The summed E-state index contributed by atoms with van der Waals surface area (Å²) in [6.45, 7) is 1.81. The van der Waals surface area contributed by atoms with E-state index in [-0.39, 0.29) is 5.56 Å². The Morgan fingerprint density at radius 1 is 1.42 bits per heavy atom. The van der Waals surface area contributed by atoms with Gasteiger partial charge in [0.15, 0.2) is 0 Å². The normalized spacial score (nSPS) is 11.8. The summed E-state index contributed by atoms with van der Waals surface area (Å²) in [7, 11) is 0. The number of carbonyl (C=O) groups is 1. The molecule has 19 heavy (non-hydrogen) atoms. The fraction of sp³-hybridized carbons (Fsp3) is 0.417. The van der Waals surface area contributed by atoms with Gasteiger partial charge in [-0.15, -0.1) is 0 Å². The van der Waals surface area contributed by atoms with Crippen LogP contribution in [0.15, 0.2) is 18.2 Å². The molecule has 1 rings (SSSR count). The van der Waals surface area contributed by atoms with Gasteiger partial charge in [-0.25, -0.2) is 0 Å². The van der Waals surface area contributed by atoms with Crippen LogP contribution in [0.25, 0.3) is 0 Å². The summed E-state index contributed by atoms with van der Waals surface area (Å²) in [4.78, 5) is 13.0. The molecule has 0 spiro atoms. The summed E-state index contributed by atoms with van der Waals surface area (Å²) in [5.74, 6) is -0.667. The molecule has 0 bridgehead atoms. The van der Waals surface area contributed by atoms with Gasteiger partial charge in [-0.3, -0.25) is 4.79 Å². The molecule has 106 valence electrons. The van der Waals surface area contributed by atoms with Crippen LogP contribution in [0.3, 0.4) is 0 Å². The summed E-state index contributed by atoms with van der Waals surface area (Å²) in [6.07, 6.45) is -4.43. The van der Waals surface area contributed by atoms with Crippen molar-refractivity contribution in [2.75, 3.05) is 6.54 Å². The lowest BCUT2D eigenvalue weighted by molar-refractivity contribution is -0.143. The zero-order valence-corrected chi connectivity index (χ0v) is 13.2. The van der Waals surface area contributed by atoms with Crippen LogP contribution >= 0.6 is 34.2 Å². The minimum absolute atomic E-state index is 0.186. The van der Waals surface area contributed by atoms with Crippen molar-refractivity contribution in [3.63, 3.8) is 0 Å². The fourth-order valence-corrected chi connectivity index (χ4v) is 2.24. The van der Waals surface area contributed by atoms with Gasteiger partial charge in [0.05, 0.1) is 5.56 Å². The highest BCUT2D eigenvalue weighted by atomic mass is 127. The average molecular weight is 406 g/mol. The number of hydrogen-bond acceptors (Lipinski definition) is 1. The smallest absolute Gasteiger partial charge is 0.327 e. The van der Waals surface area contributed by atoms with Crippen LogP contribution in [0, 0.1) is 3.57 Å². The molecule has 1 amide bonds. The second kappa shape index (κ2) is 6.30. The summed E-state index contributed by atoms with van der Waals surface area (Å²) < 4.78 is 38.1. The predicted molar refractivity (Wildman–Crippen MR) is 76.4 cm³/mol. The van der Waals surface area contributed by atoms with Crippen molar-refractivity contribution in [2.24, 2.45) is 0 Å². The Bertz CT molecular complexity index is 477. The van der Waals surface area contributed by atoms with Crippen LogP contribution in [-0.4, -0.2) is 29.6 Å². The summed E-state index contributed by atoms with van der Waals surface area (Å²) in [5, 5.41) is 0.319. The molecule has 2 nitrogen and oxygen atoms in total. The van der Waals surface area contributed by atoms with E-state index >= 15 is 0 Å². The van der Waals surface area contributed by atoms with Crippen molar-refractivity contribution in [3.8, 4) is 0 Å². The fourth-order valence-electron chi connectivity index (χ4n) is 1.50. The number of alkyl halides is 3. The van der Waals surface area contributed by atoms with Crippen molar-refractivity contribution in [1.82, 2.24) is 4.90 Å². The van der Waals surface area contributed by atoms with Crippen LogP contribution in [0.4, 0.5) is 13.2 Å². The van der Waals surface area contributed by atoms with Crippen LogP contribution < -0.4 is 0 Å². The van der Waals surface area contributed by atoms with E-state index in [1.54, 1.807) is 26.0 Å². The maximum absolute atomic E-state index is 12.5. The van der Waals surface area contributed by atoms with E-state index in [1.807, 2.05) is 22.6 Å². The van der Waals surface area contributed by atoms with Gasteiger partial charge in [-0.2, -0.15) is 13.2 Å². The number of rotatable bonds is 3. The quantitative estimate of drug-likeness (QED) is 0.685. The Kier molecular flexibility index (Phi) is 5.49. The summed E-state index contributed by atoms with van der Waals surface area (Å²) >= 11 is 7.68. The minimum atomic E-state index is -4.43. The van der Waals surface area contributed by atoms with Crippen LogP contribution in [0.2, 0.25) is 5.02 Å². The largest absolute Gasteiger partial charge is 0.406 e. The number of amides is 1. The topological polar surface area (TPSA) is 20.3 Å². The molecule has 1 aromatic rings. The third kappa shape index (κ3) is 4.83. The van der Waals surface area contributed by atoms with Gasteiger partial charge in [0.1, 0.15) is 6.54 Å². The average Bonchev–Trinajstić information content (AvgIpc) is 2.27. The summed E-state index contributed by atoms with van der Waals surface area (Å²) in [6, 6.07) is 4.02. The van der Waals surface area contributed by atoms with Gasteiger partial charge >= 0.3 is 6.18 Å². The molecule has 0 heterocycles. The maximum atomic E-state index is 12.5. The molecule has 0 aromatic heterocycles. The number of halogens is 5. The highest BCUT2D eigenvalue weighted by molar-refractivity contribution is 14.1. The van der Waals surface area contributed by atoms with Crippen LogP contribution in [0.1, 0.15) is 24.2 Å². The molecular formula is C12H12ClF3INO. The second-order valence-electron chi connectivity index (χ2n) is 4.27. The molecule has 0 saturated carbocycles. The zero-order valence-electron chi connectivity index (χ0n) is 10.3. The maximum Gasteiger partial charge on any atom is 0.406 e. The molecule has 0 aliphatic heterocycles. The third-order valence-electron chi connectivity index (χ3n) is 2.39. The first-order chi connectivity index (χ1) is 8.61. The van der Waals surface area contributed by atoms with Crippen molar-refractivity contribution in [3.05, 3.63) is 32.4 Å². The lowest BCUT2D eigenvalue weighted by atomic mass is 10.1. The van der Waals surface area contributed by atoms with Crippen molar-refractivity contribution in [1.29, 1.82) is 0 Å². The SMILES string of the molecule is CC(C)N(CC(F)(F)F)C(=O)c1cc(Cl)ccc1I. The molecule has 0 saturated heterocycles. The highest BCUT2D eigenvalue weighted by Crippen LogP contribution is 2.23.